The minimum Gasteiger partial charge on any atom is -0.493 e. The van der Waals surface area contributed by atoms with Crippen molar-refractivity contribution in [2.75, 3.05) is 45.9 Å². The van der Waals surface area contributed by atoms with Crippen molar-refractivity contribution < 1.29 is 38.3 Å². The quantitative estimate of drug-likeness (QED) is 0.0924. The number of hydrogen-bond acceptors (Lipinski definition) is 10. The van der Waals surface area contributed by atoms with Gasteiger partial charge in [-0.1, -0.05) is 36.4 Å². The number of halogens is 1. The maximum atomic E-state index is 13.7. The van der Waals surface area contributed by atoms with Crippen LogP contribution in [0.15, 0.2) is 84.9 Å². The number of rotatable bonds is 13. The number of imide groups is 1. The highest BCUT2D eigenvalue weighted by Crippen LogP contribution is 2.46. The number of piperidine rings is 3. The number of carbonyl (C=O) groups is 3. The first-order valence-corrected chi connectivity index (χ1v) is 22.3. The maximum absolute atomic E-state index is 13.7. The highest BCUT2D eigenvalue weighted by atomic mass is 32.1. The fourth-order valence-electron chi connectivity index (χ4n) is 9.31. The van der Waals surface area contributed by atoms with Crippen molar-refractivity contribution in [3.63, 3.8) is 0 Å². The molecule has 9 rings (SSSR count). The van der Waals surface area contributed by atoms with Crippen LogP contribution in [0, 0.1) is 11.7 Å². The van der Waals surface area contributed by atoms with Gasteiger partial charge in [0.25, 0.3) is 5.91 Å². The van der Waals surface area contributed by atoms with E-state index in [1.165, 1.54) is 29.0 Å². The van der Waals surface area contributed by atoms with Gasteiger partial charge in [-0.25, -0.2) is 4.39 Å². The summed E-state index contributed by atoms with van der Waals surface area (Å²) >= 11 is 1.45. The number of ether oxygens (including phenoxy) is 2. The summed E-state index contributed by atoms with van der Waals surface area (Å²) in [6.45, 7) is 7.58. The Morgan fingerprint density at radius 2 is 1.51 bits per heavy atom. The molecule has 3 N–H and O–H groups in total. The Balaban J connectivity index is 0.696. The maximum Gasteiger partial charge on any atom is 0.488 e. The van der Waals surface area contributed by atoms with Gasteiger partial charge in [0, 0.05) is 28.6 Å². The van der Waals surface area contributed by atoms with Crippen LogP contribution in [0.1, 0.15) is 72.3 Å². The van der Waals surface area contributed by atoms with E-state index in [0.717, 1.165) is 103 Å². The number of nitrogens with zero attached hydrogens (tertiary/aromatic N) is 3. The summed E-state index contributed by atoms with van der Waals surface area (Å²) in [5.74, 6) is 1.93. The zero-order chi connectivity index (χ0) is 42.0. The summed E-state index contributed by atoms with van der Waals surface area (Å²) in [6.07, 6.45) is 6.18. The van der Waals surface area contributed by atoms with E-state index < -0.39 is 13.2 Å². The summed E-state index contributed by atoms with van der Waals surface area (Å²) < 4.78 is 27.3. The minimum absolute atomic E-state index is 0.119. The Hall–Kier alpha value is -5.12. The van der Waals surface area contributed by atoms with Gasteiger partial charge in [0.2, 0.25) is 11.8 Å². The molecule has 0 saturated carbocycles. The summed E-state index contributed by atoms with van der Waals surface area (Å²) in [4.78, 5) is 44.8. The molecule has 0 aliphatic carbocycles. The number of thiophene rings is 1. The van der Waals surface area contributed by atoms with Crippen molar-refractivity contribution in [2.45, 2.75) is 63.5 Å². The summed E-state index contributed by atoms with van der Waals surface area (Å²) in [6, 6.07) is 24.7. The van der Waals surface area contributed by atoms with E-state index in [-0.39, 0.29) is 30.0 Å². The van der Waals surface area contributed by atoms with Crippen molar-refractivity contribution in [3.8, 4) is 27.7 Å². The molecule has 5 heterocycles. The molecule has 0 radical (unpaired) electrons. The minimum atomic E-state index is -1.58. The van der Waals surface area contributed by atoms with Gasteiger partial charge in [-0.3, -0.25) is 19.7 Å². The van der Waals surface area contributed by atoms with Crippen molar-refractivity contribution in [2.24, 2.45) is 5.92 Å². The average molecular weight is 845 g/mol. The largest absolute Gasteiger partial charge is 0.493 e. The molecule has 1 unspecified atom stereocenters. The van der Waals surface area contributed by atoms with Crippen molar-refractivity contribution in [1.82, 2.24) is 20.0 Å². The van der Waals surface area contributed by atoms with Crippen molar-refractivity contribution in [1.29, 1.82) is 0 Å². The highest BCUT2D eigenvalue weighted by Gasteiger charge is 2.39. The second-order valence-electron chi connectivity index (χ2n) is 16.9. The molecule has 1 atom stereocenters. The number of nitrogens with one attached hydrogen (secondary N) is 1. The van der Waals surface area contributed by atoms with Gasteiger partial charge in [0.1, 0.15) is 23.4 Å². The molecule has 3 amide bonds. The average Bonchev–Trinajstić information content (AvgIpc) is 3.80. The molecule has 0 bridgehead atoms. The highest BCUT2D eigenvalue weighted by molar-refractivity contribution is 7.22. The molecule has 4 aliphatic heterocycles. The molecule has 3 saturated heterocycles. The molecule has 4 aliphatic rings. The third-order valence-electron chi connectivity index (χ3n) is 12.9. The zero-order valence-corrected chi connectivity index (χ0v) is 34.9. The van der Waals surface area contributed by atoms with E-state index in [0.29, 0.717) is 53.9 Å². The van der Waals surface area contributed by atoms with Crippen LogP contribution in [0.4, 0.5) is 4.39 Å². The van der Waals surface area contributed by atoms with Gasteiger partial charge in [-0.2, -0.15) is 0 Å². The summed E-state index contributed by atoms with van der Waals surface area (Å²) in [5, 5.41) is 22.7. The second kappa shape index (κ2) is 18.1. The Morgan fingerprint density at radius 1 is 0.803 bits per heavy atom. The lowest BCUT2D eigenvalue weighted by Crippen LogP contribution is -2.52. The molecule has 316 valence electrons. The number of benzene rings is 4. The van der Waals surface area contributed by atoms with Crippen molar-refractivity contribution >= 4 is 51.7 Å². The first kappa shape index (κ1) is 41.2. The lowest BCUT2D eigenvalue weighted by Gasteiger charge is -2.34. The van der Waals surface area contributed by atoms with E-state index in [9.17, 15) is 28.8 Å². The molecule has 61 heavy (non-hydrogen) atoms. The van der Waals surface area contributed by atoms with Crippen LogP contribution in [0.25, 0.3) is 20.5 Å². The van der Waals surface area contributed by atoms with E-state index in [2.05, 4.69) is 27.2 Å². The van der Waals surface area contributed by atoms with Gasteiger partial charge in [-0.05, 0) is 160 Å². The lowest BCUT2D eigenvalue weighted by atomic mass is 9.80. The smallest absolute Gasteiger partial charge is 0.488 e. The SMILES string of the molecule is O=C1CCC(N2Cc3cc(C4CCN(CCCN5CCC(COc6ccc(Oc7c(-c8ccc(F)cc8)sc8cc(B(O)O)ccc78)cc6)CC5)CC4)ccc3C2=O)C(=O)N1. The number of amides is 3. The third-order valence-corrected chi connectivity index (χ3v) is 14.0. The fraction of sp³-hybridized carbons (Fsp3) is 0.383. The normalized spacial score (nSPS) is 19.4. The van der Waals surface area contributed by atoms with Gasteiger partial charge >= 0.3 is 7.12 Å². The Labute approximate surface area is 359 Å². The van der Waals surface area contributed by atoms with Gasteiger partial charge in [0.05, 0.1) is 11.5 Å². The number of likely N-dealkylation sites (tertiary alicyclic amines) is 2. The molecule has 4 aromatic carbocycles. The van der Waals surface area contributed by atoms with Crippen LogP contribution >= 0.6 is 11.3 Å². The molecule has 0 spiro atoms. The first-order chi connectivity index (χ1) is 29.6. The van der Waals surface area contributed by atoms with Crippen LogP contribution < -0.4 is 20.3 Å². The molecular formula is C47H50BFN4O7S. The molecule has 1 aromatic heterocycles. The molecular weight excluding hydrogens is 794 g/mol. The van der Waals surface area contributed by atoms with E-state index in [1.807, 2.05) is 36.4 Å². The van der Waals surface area contributed by atoms with Crippen LogP contribution in [0.5, 0.6) is 17.2 Å². The van der Waals surface area contributed by atoms with Crippen LogP contribution in [-0.2, 0) is 16.1 Å². The van der Waals surface area contributed by atoms with Crippen LogP contribution in [-0.4, -0.2) is 102 Å². The monoisotopic (exact) mass is 844 g/mol. The summed E-state index contributed by atoms with van der Waals surface area (Å²) in [7, 11) is -1.58. The summed E-state index contributed by atoms with van der Waals surface area (Å²) in [5.41, 5.74) is 4.13. The Morgan fingerprint density at radius 3 is 2.21 bits per heavy atom. The number of carbonyl (C=O) groups excluding carboxylic acids is 3. The van der Waals surface area contributed by atoms with Gasteiger partial charge < -0.3 is 34.2 Å². The standard InChI is InChI=1S/C47H50BFN4O7S/c49-36-6-2-32(3-7-36)45-44(40-13-5-35(48(57)58)27-42(40)61-45)60-38-10-8-37(9-11-38)59-29-30-16-22-51(23-17-30)20-1-21-52-24-18-31(19-25-52)33-4-12-39-34(26-33)28-53(47(39)56)41-14-15-43(54)50-46(41)55/h2-13,26-27,30-31,41,57-58H,1,14-25,28-29H2,(H,50,54,55). The Bertz CT molecular complexity index is 2390. The van der Waals surface area contributed by atoms with Gasteiger partial charge in [-0.15, -0.1) is 11.3 Å². The first-order valence-electron chi connectivity index (χ1n) is 21.5. The number of fused-ring (bicyclic) bond motifs is 2. The zero-order valence-electron chi connectivity index (χ0n) is 34.1. The fourth-order valence-corrected chi connectivity index (χ4v) is 10.5. The van der Waals surface area contributed by atoms with E-state index in [1.54, 1.807) is 29.2 Å². The lowest BCUT2D eigenvalue weighted by molar-refractivity contribution is -0.136. The van der Waals surface area contributed by atoms with Gasteiger partial charge in [0.15, 0.2) is 5.75 Å². The topological polar surface area (TPSA) is 132 Å². The van der Waals surface area contributed by atoms with E-state index >= 15 is 0 Å². The Kier molecular flexibility index (Phi) is 12.2. The molecule has 11 nitrogen and oxygen atoms in total. The molecule has 14 heteroatoms. The van der Waals surface area contributed by atoms with Crippen LogP contribution in [0.2, 0.25) is 0 Å². The number of hydrogen-bond donors (Lipinski definition) is 3. The second-order valence-corrected chi connectivity index (χ2v) is 17.9. The van der Waals surface area contributed by atoms with Crippen molar-refractivity contribution in [3.05, 3.63) is 107 Å². The predicted octanol–water partition coefficient (Wildman–Crippen LogP) is 6.30. The molecule has 3 fully saturated rings. The third kappa shape index (κ3) is 9.24. The molecule has 5 aromatic rings. The predicted molar refractivity (Wildman–Crippen MR) is 234 cm³/mol. The van der Waals surface area contributed by atoms with E-state index in [4.69, 9.17) is 9.47 Å². The van der Waals surface area contributed by atoms with Crippen LogP contribution in [0.3, 0.4) is 0 Å².